The maximum Gasteiger partial charge on any atom is 0.335 e. The zero-order valence-electron chi connectivity index (χ0n) is 13.4. The van der Waals surface area contributed by atoms with Crippen molar-refractivity contribution in [2.45, 2.75) is 37.6 Å². The summed E-state index contributed by atoms with van der Waals surface area (Å²) in [5.74, 6) is -0.424. The van der Waals surface area contributed by atoms with E-state index in [2.05, 4.69) is 17.4 Å². The lowest BCUT2D eigenvalue weighted by Crippen LogP contribution is -2.43. The summed E-state index contributed by atoms with van der Waals surface area (Å²) in [5, 5.41) is 12.2. The molecule has 3 rings (SSSR count). The molecule has 2 aromatic carbocycles. The minimum Gasteiger partial charge on any atom is -0.478 e. The molecule has 4 nitrogen and oxygen atoms in total. The van der Waals surface area contributed by atoms with Gasteiger partial charge < -0.3 is 10.4 Å². The van der Waals surface area contributed by atoms with E-state index in [1.54, 1.807) is 24.3 Å². The molecule has 0 aliphatic heterocycles. The number of carbonyl (C=O) groups is 2. The lowest BCUT2D eigenvalue weighted by molar-refractivity contribution is -0.122. The van der Waals surface area contributed by atoms with Crippen molar-refractivity contribution in [3.05, 3.63) is 71.3 Å². The van der Waals surface area contributed by atoms with Crippen LogP contribution in [0.4, 0.5) is 0 Å². The number of rotatable bonds is 6. The first-order valence-corrected chi connectivity index (χ1v) is 8.29. The Balaban J connectivity index is 1.45. The number of carboxylic acid groups (broad SMARTS) is 1. The standard InChI is InChI=1S/C20H21NO3/c22-19(11-10-15-8-4-5-9-18(15)20(23)24)21-17-12-16(13-17)14-6-2-1-3-7-14/h1-9,16-17H,10-13H2,(H,21,22)(H,23,24). The van der Waals surface area contributed by atoms with Gasteiger partial charge in [-0.3, -0.25) is 4.79 Å². The molecule has 2 N–H and O–H groups in total. The lowest BCUT2D eigenvalue weighted by atomic mass is 9.76. The summed E-state index contributed by atoms with van der Waals surface area (Å²) in [6, 6.07) is 17.4. The van der Waals surface area contributed by atoms with Crippen molar-refractivity contribution in [3.8, 4) is 0 Å². The number of aryl methyl sites for hydroxylation is 1. The molecule has 1 amide bonds. The average molecular weight is 323 g/mol. The van der Waals surface area contributed by atoms with Crippen LogP contribution in [-0.2, 0) is 11.2 Å². The molecule has 0 saturated heterocycles. The first-order valence-electron chi connectivity index (χ1n) is 8.29. The van der Waals surface area contributed by atoms with E-state index < -0.39 is 5.97 Å². The first kappa shape index (κ1) is 16.2. The second-order valence-electron chi connectivity index (χ2n) is 6.31. The van der Waals surface area contributed by atoms with Crippen LogP contribution in [0, 0.1) is 0 Å². The van der Waals surface area contributed by atoms with Gasteiger partial charge in [-0.2, -0.15) is 0 Å². The summed E-state index contributed by atoms with van der Waals surface area (Å²) in [5.41, 5.74) is 2.31. The van der Waals surface area contributed by atoms with Crippen molar-refractivity contribution in [2.24, 2.45) is 0 Å². The van der Waals surface area contributed by atoms with Crippen molar-refractivity contribution in [2.75, 3.05) is 0 Å². The Hall–Kier alpha value is -2.62. The molecule has 0 unspecified atom stereocenters. The molecule has 1 aliphatic rings. The van der Waals surface area contributed by atoms with Gasteiger partial charge in [0, 0.05) is 12.5 Å². The van der Waals surface area contributed by atoms with Crippen molar-refractivity contribution in [1.29, 1.82) is 0 Å². The van der Waals surface area contributed by atoms with E-state index in [1.807, 2.05) is 18.2 Å². The normalized spacial score (nSPS) is 19.3. The van der Waals surface area contributed by atoms with Crippen LogP contribution < -0.4 is 5.32 Å². The average Bonchev–Trinajstić information content (AvgIpc) is 2.57. The Kier molecular flexibility index (Phi) is 4.94. The minimum absolute atomic E-state index is 0.00768. The summed E-state index contributed by atoms with van der Waals surface area (Å²) >= 11 is 0. The van der Waals surface area contributed by atoms with Gasteiger partial charge in [0.05, 0.1) is 5.56 Å². The van der Waals surface area contributed by atoms with E-state index in [1.165, 1.54) is 5.56 Å². The van der Waals surface area contributed by atoms with Crippen molar-refractivity contribution >= 4 is 11.9 Å². The van der Waals surface area contributed by atoms with Crippen LogP contribution >= 0.6 is 0 Å². The highest BCUT2D eigenvalue weighted by molar-refractivity contribution is 5.89. The Morgan fingerprint density at radius 1 is 1.00 bits per heavy atom. The van der Waals surface area contributed by atoms with E-state index in [0.717, 1.165) is 12.8 Å². The Morgan fingerprint density at radius 2 is 1.67 bits per heavy atom. The quantitative estimate of drug-likeness (QED) is 0.856. The summed E-state index contributed by atoms with van der Waals surface area (Å²) in [7, 11) is 0. The smallest absolute Gasteiger partial charge is 0.335 e. The highest BCUT2D eigenvalue weighted by Gasteiger charge is 2.31. The topological polar surface area (TPSA) is 66.4 Å². The highest BCUT2D eigenvalue weighted by Crippen LogP contribution is 2.36. The van der Waals surface area contributed by atoms with Crippen molar-refractivity contribution < 1.29 is 14.7 Å². The Labute approximate surface area is 141 Å². The maximum absolute atomic E-state index is 12.1. The molecule has 0 aromatic heterocycles. The molecular formula is C20H21NO3. The van der Waals surface area contributed by atoms with Crippen LogP contribution in [0.2, 0.25) is 0 Å². The Morgan fingerprint density at radius 3 is 2.38 bits per heavy atom. The van der Waals surface area contributed by atoms with Crippen LogP contribution in [0.5, 0.6) is 0 Å². The number of aromatic carboxylic acids is 1. The second-order valence-corrected chi connectivity index (χ2v) is 6.31. The van der Waals surface area contributed by atoms with E-state index >= 15 is 0 Å². The van der Waals surface area contributed by atoms with Gasteiger partial charge in [0.2, 0.25) is 5.91 Å². The van der Waals surface area contributed by atoms with Gasteiger partial charge in [-0.25, -0.2) is 4.79 Å². The molecule has 0 atom stereocenters. The van der Waals surface area contributed by atoms with Gasteiger partial charge in [0.1, 0.15) is 0 Å². The third-order valence-electron chi connectivity index (χ3n) is 4.64. The van der Waals surface area contributed by atoms with Gasteiger partial charge in [0.15, 0.2) is 0 Å². The first-order chi connectivity index (χ1) is 11.6. The van der Waals surface area contributed by atoms with Crippen LogP contribution in [0.25, 0.3) is 0 Å². The molecule has 2 aromatic rings. The van der Waals surface area contributed by atoms with E-state index in [9.17, 15) is 9.59 Å². The number of nitrogens with one attached hydrogen (secondary N) is 1. The molecule has 124 valence electrons. The zero-order valence-corrected chi connectivity index (χ0v) is 13.4. The molecular weight excluding hydrogens is 302 g/mol. The van der Waals surface area contributed by atoms with E-state index in [-0.39, 0.29) is 17.5 Å². The predicted molar refractivity (Wildman–Crippen MR) is 92.1 cm³/mol. The molecule has 0 spiro atoms. The van der Waals surface area contributed by atoms with Crippen LogP contribution in [0.3, 0.4) is 0 Å². The Bertz CT molecular complexity index is 721. The van der Waals surface area contributed by atoms with Crippen LogP contribution in [-0.4, -0.2) is 23.0 Å². The molecule has 1 aliphatic carbocycles. The van der Waals surface area contributed by atoms with Crippen LogP contribution in [0.15, 0.2) is 54.6 Å². The molecule has 1 saturated carbocycles. The summed E-state index contributed by atoms with van der Waals surface area (Å²) in [6.45, 7) is 0. The van der Waals surface area contributed by atoms with Gasteiger partial charge in [-0.05, 0) is 42.4 Å². The largest absolute Gasteiger partial charge is 0.478 e. The fraction of sp³-hybridized carbons (Fsp3) is 0.300. The van der Waals surface area contributed by atoms with Gasteiger partial charge in [-0.1, -0.05) is 48.5 Å². The summed E-state index contributed by atoms with van der Waals surface area (Å²) < 4.78 is 0. The SMILES string of the molecule is O=C(CCc1ccccc1C(=O)O)NC1CC(c2ccccc2)C1. The van der Waals surface area contributed by atoms with Crippen LogP contribution in [0.1, 0.15) is 46.7 Å². The monoisotopic (exact) mass is 323 g/mol. The maximum atomic E-state index is 12.1. The summed E-state index contributed by atoms with van der Waals surface area (Å²) in [6.07, 6.45) is 2.71. The number of hydrogen-bond donors (Lipinski definition) is 2. The van der Waals surface area contributed by atoms with Gasteiger partial charge >= 0.3 is 5.97 Å². The predicted octanol–water partition coefficient (Wildman–Crippen LogP) is 3.38. The second kappa shape index (κ2) is 7.30. The third-order valence-corrected chi connectivity index (χ3v) is 4.64. The fourth-order valence-corrected chi connectivity index (χ4v) is 3.23. The highest BCUT2D eigenvalue weighted by atomic mass is 16.4. The number of hydrogen-bond acceptors (Lipinski definition) is 2. The van der Waals surface area contributed by atoms with Gasteiger partial charge in [0.25, 0.3) is 0 Å². The van der Waals surface area contributed by atoms with E-state index in [4.69, 9.17) is 5.11 Å². The number of carboxylic acids is 1. The lowest BCUT2D eigenvalue weighted by Gasteiger charge is -2.36. The number of benzene rings is 2. The molecule has 0 heterocycles. The molecule has 24 heavy (non-hydrogen) atoms. The number of carbonyl (C=O) groups excluding carboxylic acids is 1. The molecule has 0 bridgehead atoms. The fourth-order valence-electron chi connectivity index (χ4n) is 3.23. The van der Waals surface area contributed by atoms with Crippen molar-refractivity contribution in [1.82, 2.24) is 5.32 Å². The molecule has 4 heteroatoms. The minimum atomic E-state index is -0.948. The molecule has 0 radical (unpaired) electrons. The van der Waals surface area contributed by atoms with Crippen molar-refractivity contribution in [3.63, 3.8) is 0 Å². The van der Waals surface area contributed by atoms with Gasteiger partial charge in [-0.15, -0.1) is 0 Å². The molecule has 1 fully saturated rings. The van der Waals surface area contributed by atoms with E-state index in [0.29, 0.717) is 24.3 Å². The third kappa shape index (κ3) is 3.82. The summed E-state index contributed by atoms with van der Waals surface area (Å²) in [4.78, 5) is 23.3. The zero-order chi connectivity index (χ0) is 16.9. The number of amides is 1.